The molecule has 84 valence electrons. The van der Waals surface area contributed by atoms with Crippen molar-refractivity contribution in [2.75, 3.05) is 0 Å². The van der Waals surface area contributed by atoms with Crippen molar-refractivity contribution in [3.8, 4) is 0 Å². The molecule has 4 nitrogen and oxygen atoms in total. The Labute approximate surface area is 97.4 Å². The van der Waals surface area contributed by atoms with E-state index in [0.717, 1.165) is 11.1 Å². The van der Waals surface area contributed by atoms with Crippen LogP contribution in [0.5, 0.6) is 0 Å². The third-order valence-corrected chi connectivity index (χ3v) is 3.26. The third-order valence-electron chi connectivity index (χ3n) is 2.95. The monoisotopic (exact) mass is 239 g/mol. The lowest BCUT2D eigenvalue weighted by Crippen LogP contribution is -2.19. The average molecular weight is 240 g/mol. The molecule has 16 heavy (non-hydrogen) atoms. The van der Waals surface area contributed by atoms with E-state index in [-0.39, 0.29) is 16.8 Å². The first kappa shape index (κ1) is 11.1. The number of fused-ring (bicyclic) bond motifs is 1. The van der Waals surface area contributed by atoms with E-state index < -0.39 is 4.92 Å². The molecule has 0 amide bonds. The molecule has 0 aromatic heterocycles. The Morgan fingerprint density at radius 1 is 1.44 bits per heavy atom. The lowest BCUT2D eigenvalue weighted by Gasteiger charge is -2.21. The average Bonchev–Trinajstić information content (AvgIpc) is 2.27. The molecule has 0 aliphatic heterocycles. The quantitative estimate of drug-likeness (QED) is 0.453. The molecular formula is C11H10ClNO3. The van der Waals surface area contributed by atoms with Crippen LogP contribution in [0.25, 0.3) is 0 Å². The molecule has 0 fully saturated rings. The van der Waals surface area contributed by atoms with E-state index in [0.29, 0.717) is 19.3 Å². The number of hydrogen-bond acceptors (Lipinski definition) is 3. The Bertz CT molecular complexity index is 459. The highest BCUT2D eigenvalue weighted by Gasteiger charge is 2.24. The second kappa shape index (κ2) is 4.22. The second-order valence-corrected chi connectivity index (χ2v) is 4.33. The maximum absolute atomic E-state index is 11.0. The van der Waals surface area contributed by atoms with E-state index in [1.807, 2.05) is 0 Å². The van der Waals surface area contributed by atoms with Gasteiger partial charge in [0.05, 0.1) is 4.92 Å². The fourth-order valence-electron chi connectivity index (χ4n) is 2.05. The number of rotatable bonds is 2. The molecule has 0 radical (unpaired) electrons. The summed E-state index contributed by atoms with van der Waals surface area (Å²) in [5.41, 5.74) is 2.06. The van der Waals surface area contributed by atoms with Crippen LogP contribution in [0.1, 0.15) is 17.5 Å². The summed E-state index contributed by atoms with van der Waals surface area (Å²) in [5, 5.41) is 10.3. The number of hydrogen-bond donors (Lipinski definition) is 0. The first-order chi connectivity index (χ1) is 7.58. The predicted molar refractivity (Wildman–Crippen MR) is 59.5 cm³/mol. The minimum Gasteiger partial charge on any atom is -0.281 e. The molecule has 1 aliphatic carbocycles. The van der Waals surface area contributed by atoms with Gasteiger partial charge in [-0.3, -0.25) is 14.9 Å². The van der Waals surface area contributed by atoms with Crippen molar-refractivity contribution in [1.82, 2.24) is 0 Å². The number of nitrogens with zero attached hydrogens (tertiary/aromatic N) is 1. The number of halogens is 1. The topological polar surface area (TPSA) is 60.2 Å². The second-order valence-electron chi connectivity index (χ2n) is 3.95. The van der Waals surface area contributed by atoms with E-state index in [1.54, 1.807) is 12.1 Å². The van der Waals surface area contributed by atoms with Gasteiger partial charge in [0.1, 0.15) is 0 Å². The van der Waals surface area contributed by atoms with E-state index in [2.05, 4.69) is 0 Å². The Balaban J connectivity index is 2.29. The number of nitro benzene ring substituents is 1. The van der Waals surface area contributed by atoms with Gasteiger partial charge in [0, 0.05) is 18.1 Å². The Morgan fingerprint density at radius 3 is 2.81 bits per heavy atom. The molecule has 1 aromatic carbocycles. The van der Waals surface area contributed by atoms with Crippen LogP contribution in [0.4, 0.5) is 5.69 Å². The van der Waals surface area contributed by atoms with Crippen LogP contribution in [0, 0.1) is 16.0 Å². The summed E-state index contributed by atoms with van der Waals surface area (Å²) in [7, 11) is 0. The van der Waals surface area contributed by atoms with Crippen LogP contribution < -0.4 is 0 Å². The maximum Gasteiger partial charge on any atom is 0.269 e. The van der Waals surface area contributed by atoms with Crippen molar-refractivity contribution in [1.29, 1.82) is 0 Å². The van der Waals surface area contributed by atoms with E-state index in [4.69, 9.17) is 11.6 Å². The van der Waals surface area contributed by atoms with Crippen molar-refractivity contribution in [3.63, 3.8) is 0 Å². The van der Waals surface area contributed by atoms with Gasteiger partial charge in [-0.15, -0.1) is 0 Å². The molecule has 1 atom stereocenters. The van der Waals surface area contributed by atoms with Gasteiger partial charge in [0.25, 0.3) is 5.69 Å². The highest BCUT2D eigenvalue weighted by atomic mass is 35.5. The van der Waals surface area contributed by atoms with Crippen LogP contribution in [-0.4, -0.2) is 10.2 Å². The molecule has 0 saturated carbocycles. The Hall–Kier alpha value is -1.42. The van der Waals surface area contributed by atoms with Crippen LogP contribution >= 0.6 is 11.6 Å². The van der Waals surface area contributed by atoms with Crippen molar-refractivity contribution in [3.05, 3.63) is 39.4 Å². The number of carbonyl (C=O) groups excluding carboxylic acids is 1. The van der Waals surface area contributed by atoms with Crippen LogP contribution in [0.3, 0.4) is 0 Å². The SMILES string of the molecule is O=C(Cl)C1CCc2cc([N+](=O)[O-])ccc2C1. The van der Waals surface area contributed by atoms with Gasteiger partial charge in [0.15, 0.2) is 0 Å². The lowest BCUT2D eigenvalue weighted by molar-refractivity contribution is -0.384. The lowest BCUT2D eigenvalue weighted by atomic mass is 9.84. The molecule has 0 N–H and O–H groups in total. The molecule has 0 bridgehead atoms. The van der Waals surface area contributed by atoms with Crippen molar-refractivity contribution < 1.29 is 9.72 Å². The van der Waals surface area contributed by atoms with E-state index in [1.165, 1.54) is 6.07 Å². The summed E-state index contributed by atoms with van der Waals surface area (Å²) in [6.45, 7) is 0. The van der Waals surface area contributed by atoms with Crippen molar-refractivity contribution in [2.45, 2.75) is 19.3 Å². The van der Waals surface area contributed by atoms with Gasteiger partial charge in [-0.05, 0) is 42.0 Å². The molecule has 1 aliphatic rings. The minimum absolute atomic E-state index is 0.106. The summed E-state index contributed by atoms with van der Waals surface area (Å²) in [6, 6.07) is 4.78. The van der Waals surface area contributed by atoms with Crippen molar-refractivity contribution in [2.24, 2.45) is 5.92 Å². The molecule has 1 unspecified atom stereocenters. The van der Waals surface area contributed by atoms with Gasteiger partial charge < -0.3 is 0 Å². The van der Waals surface area contributed by atoms with Gasteiger partial charge in [-0.2, -0.15) is 0 Å². The van der Waals surface area contributed by atoms with Gasteiger partial charge in [0.2, 0.25) is 5.24 Å². The fourth-order valence-corrected chi connectivity index (χ4v) is 2.23. The van der Waals surface area contributed by atoms with Crippen molar-refractivity contribution >= 4 is 22.5 Å². The summed E-state index contributed by atoms with van der Waals surface area (Å²) < 4.78 is 0. The number of non-ortho nitro benzene ring substituents is 1. The highest BCUT2D eigenvalue weighted by Crippen LogP contribution is 2.29. The number of benzene rings is 1. The van der Waals surface area contributed by atoms with Gasteiger partial charge >= 0.3 is 0 Å². The standard InChI is InChI=1S/C11H10ClNO3/c12-11(14)9-2-1-8-6-10(13(15)16)4-3-7(8)5-9/h3-4,6,9H,1-2,5H2. The van der Waals surface area contributed by atoms with E-state index in [9.17, 15) is 14.9 Å². The zero-order chi connectivity index (χ0) is 11.7. The molecule has 1 aromatic rings. The normalized spacial score (nSPS) is 18.9. The molecule has 0 heterocycles. The van der Waals surface area contributed by atoms with Crippen LogP contribution in [-0.2, 0) is 17.6 Å². The fraction of sp³-hybridized carbons (Fsp3) is 0.364. The minimum atomic E-state index is -0.404. The molecule has 5 heteroatoms. The summed E-state index contributed by atoms with van der Waals surface area (Å²) in [5.74, 6) is -0.143. The Morgan fingerprint density at radius 2 is 2.19 bits per heavy atom. The maximum atomic E-state index is 11.0. The number of carbonyl (C=O) groups is 1. The molecule has 0 saturated heterocycles. The highest BCUT2D eigenvalue weighted by molar-refractivity contribution is 6.64. The third kappa shape index (κ3) is 2.07. The van der Waals surface area contributed by atoms with Gasteiger partial charge in [-0.25, -0.2) is 0 Å². The zero-order valence-corrected chi connectivity index (χ0v) is 9.24. The smallest absolute Gasteiger partial charge is 0.269 e. The number of nitro groups is 1. The molecule has 0 spiro atoms. The summed E-state index contributed by atoms with van der Waals surface area (Å²) >= 11 is 5.46. The summed E-state index contributed by atoms with van der Waals surface area (Å²) in [6.07, 6.45) is 1.95. The molecule has 2 rings (SSSR count). The van der Waals surface area contributed by atoms with Crippen LogP contribution in [0.15, 0.2) is 18.2 Å². The van der Waals surface area contributed by atoms with Crippen LogP contribution in [0.2, 0.25) is 0 Å². The summed E-state index contributed by atoms with van der Waals surface area (Å²) in [4.78, 5) is 21.2. The first-order valence-electron chi connectivity index (χ1n) is 5.03. The first-order valence-corrected chi connectivity index (χ1v) is 5.41. The zero-order valence-electron chi connectivity index (χ0n) is 8.48. The van der Waals surface area contributed by atoms with Gasteiger partial charge in [-0.1, -0.05) is 6.07 Å². The van der Waals surface area contributed by atoms with E-state index >= 15 is 0 Å². The molecular weight excluding hydrogens is 230 g/mol. The Kier molecular flexibility index (Phi) is 2.92. The number of aryl methyl sites for hydroxylation is 1. The predicted octanol–water partition coefficient (Wildman–Crippen LogP) is 2.47. The largest absolute Gasteiger partial charge is 0.281 e.